The van der Waals surface area contributed by atoms with Gasteiger partial charge in [0.1, 0.15) is 0 Å². The predicted octanol–water partition coefficient (Wildman–Crippen LogP) is 16.8. The van der Waals surface area contributed by atoms with E-state index in [-0.39, 0.29) is 5.41 Å². The lowest BCUT2D eigenvalue weighted by atomic mass is 9.55. The van der Waals surface area contributed by atoms with Crippen molar-refractivity contribution in [3.05, 3.63) is 282 Å². The molecule has 0 N–H and O–H groups in total. The molecule has 1 nitrogen and oxygen atoms in total. The second kappa shape index (κ2) is 15.4. The van der Waals surface area contributed by atoms with Crippen molar-refractivity contribution in [2.45, 2.75) is 24.7 Å². The summed E-state index contributed by atoms with van der Waals surface area (Å²) < 4.78 is 0. The largest absolute Gasteiger partial charge is 0.311 e. The number of anilines is 3. The van der Waals surface area contributed by atoms with Crippen LogP contribution in [0.15, 0.2) is 249 Å². The molecule has 308 valence electrons. The monoisotopic (exact) mass is 829 g/mol. The number of fused-ring (bicyclic) bond motifs is 9. The second-order valence-electron chi connectivity index (χ2n) is 18.0. The van der Waals surface area contributed by atoms with Gasteiger partial charge in [-0.15, -0.1) is 0 Å². The van der Waals surface area contributed by atoms with E-state index in [4.69, 9.17) is 0 Å². The van der Waals surface area contributed by atoms with Gasteiger partial charge in [-0.25, -0.2) is 0 Å². The Labute approximate surface area is 382 Å². The van der Waals surface area contributed by atoms with Crippen molar-refractivity contribution >= 4 is 17.1 Å². The molecular weight excluding hydrogens is 783 g/mol. The second-order valence-corrected chi connectivity index (χ2v) is 18.0. The third-order valence-corrected chi connectivity index (χ3v) is 14.2. The number of rotatable bonds is 7. The first kappa shape index (κ1) is 38.7. The van der Waals surface area contributed by atoms with Crippen molar-refractivity contribution in [1.29, 1.82) is 0 Å². The van der Waals surface area contributed by atoms with Crippen LogP contribution in [0.4, 0.5) is 17.1 Å². The molecule has 0 unspecified atom stereocenters. The lowest BCUT2D eigenvalue weighted by Crippen LogP contribution is -2.40. The van der Waals surface area contributed by atoms with Crippen molar-refractivity contribution < 1.29 is 0 Å². The molecule has 10 aromatic rings. The minimum Gasteiger partial charge on any atom is -0.311 e. The van der Waals surface area contributed by atoms with Crippen LogP contribution < -0.4 is 4.90 Å². The van der Waals surface area contributed by atoms with Crippen molar-refractivity contribution in [3.8, 4) is 55.6 Å². The molecule has 65 heavy (non-hydrogen) atoms. The van der Waals surface area contributed by atoms with Gasteiger partial charge in [0.15, 0.2) is 0 Å². The van der Waals surface area contributed by atoms with E-state index < -0.39 is 5.41 Å². The van der Waals surface area contributed by atoms with E-state index in [1.54, 1.807) is 0 Å². The lowest BCUT2D eigenvalue weighted by Gasteiger charge is -2.46. The van der Waals surface area contributed by atoms with Crippen LogP contribution in [0, 0.1) is 0 Å². The Bertz CT molecular complexity index is 3310. The molecule has 0 amide bonds. The molecule has 0 bridgehead atoms. The SMILES string of the molecule is CC1(C)c2ccccc2C2(c3ccccc3-c3ccc(-c4ccc(N(c5ccc(-c6ccccc6)cc5)c5ccc(-c6ccccc6-c6ccccc6)cc5)cc4)cc32)c2ccccc21. The molecular formula is C64H47N. The van der Waals surface area contributed by atoms with Crippen LogP contribution in [0.1, 0.15) is 47.2 Å². The summed E-state index contributed by atoms with van der Waals surface area (Å²) in [5.74, 6) is 0. The van der Waals surface area contributed by atoms with E-state index in [0.29, 0.717) is 0 Å². The molecule has 0 aromatic heterocycles. The maximum absolute atomic E-state index is 2.49. The Morgan fingerprint density at radius 1 is 0.246 bits per heavy atom. The highest BCUT2D eigenvalue weighted by Crippen LogP contribution is 2.62. The molecule has 0 heterocycles. The third-order valence-electron chi connectivity index (χ3n) is 14.2. The minimum atomic E-state index is -0.429. The van der Waals surface area contributed by atoms with Crippen LogP contribution in [0.5, 0.6) is 0 Å². The maximum atomic E-state index is 2.49. The summed E-state index contributed by atoms with van der Waals surface area (Å²) in [6, 6.07) is 91.8. The van der Waals surface area contributed by atoms with Crippen LogP contribution in [0.2, 0.25) is 0 Å². The highest BCUT2D eigenvalue weighted by atomic mass is 15.1. The van der Waals surface area contributed by atoms with Gasteiger partial charge in [0.2, 0.25) is 0 Å². The molecule has 2 aliphatic rings. The summed E-state index contributed by atoms with van der Waals surface area (Å²) in [4.78, 5) is 2.37. The number of benzene rings is 10. The van der Waals surface area contributed by atoms with Crippen molar-refractivity contribution in [3.63, 3.8) is 0 Å². The van der Waals surface area contributed by atoms with Gasteiger partial charge in [-0.1, -0.05) is 220 Å². The van der Waals surface area contributed by atoms with Gasteiger partial charge in [-0.2, -0.15) is 0 Å². The summed E-state index contributed by atoms with van der Waals surface area (Å²) >= 11 is 0. The first-order valence-electron chi connectivity index (χ1n) is 22.8. The van der Waals surface area contributed by atoms with Gasteiger partial charge in [0.05, 0.1) is 5.41 Å². The predicted molar refractivity (Wildman–Crippen MR) is 272 cm³/mol. The fraction of sp³-hybridized carbons (Fsp3) is 0.0625. The average Bonchev–Trinajstić information content (AvgIpc) is 3.67. The quantitative estimate of drug-likeness (QED) is 0.155. The molecule has 12 rings (SSSR count). The number of hydrogen-bond donors (Lipinski definition) is 0. The summed E-state index contributed by atoms with van der Waals surface area (Å²) in [6.07, 6.45) is 0. The van der Waals surface area contributed by atoms with E-state index in [9.17, 15) is 0 Å². The summed E-state index contributed by atoms with van der Waals surface area (Å²) in [7, 11) is 0. The molecule has 0 saturated carbocycles. The number of hydrogen-bond acceptors (Lipinski definition) is 1. The van der Waals surface area contributed by atoms with Gasteiger partial charge in [-0.05, 0) is 131 Å². The maximum Gasteiger partial charge on any atom is 0.0719 e. The zero-order valence-electron chi connectivity index (χ0n) is 36.6. The van der Waals surface area contributed by atoms with Crippen LogP contribution in [0.3, 0.4) is 0 Å². The van der Waals surface area contributed by atoms with Crippen molar-refractivity contribution in [1.82, 2.24) is 0 Å². The van der Waals surface area contributed by atoms with Gasteiger partial charge in [0, 0.05) is 22.5 Å². The summed E-state index contributed by atoms with van der Waals surface area (Å²) in [5.41, 5.74) is 23.3. The minimum absolute atomic E-state index is 0.135. The van der Waals surface area contributed by atoms with Crippen LogP contribution in [0.25, 0.3) is 55.6 Å². The van der Waals surface area contributed by atoms with E-state index in [1.807, 2.05) is 0 Å². The van der Waals surface area contributed by atoms with E-state index in [2.05, 4.69) is 267 Å². The number of nitrogens with zero attached hydrogens (tertiary/aromatic N) is 1. The Hall–Kier alpha value is -8.00. The first-order valence-corrected chi connectivity index (χ1v) is 22.8. The molecule has 0 radical (unpaired) electrons. The molecule has 0 fully saturated rings. The highest BCUT2D eigenvalue weighted by Gasteiger charge is 2.53. The first-order chi connectivity index (χ1) is 32.0. The lowest BCUT2D eigenvalue weighted by molar-refractivity contribution is 0.563. The Morgan fingerprint density at radius 2 is 0.585 bits per heavy atom. The Kier molecular flexibility index (Phi) is 9.14. The standard InChI is InChI=1S/C64H47N/c1-63(2)58-25-13-15-27-60(58)64(61-28-16-14-26-59(61)63)57-24-12-11-23-55(57)56-42-35-49(43-62(56)64)46-31-38-51(39-32-46)65(50-36-29-45(30-37-50)44-17-5-3-6-18-44)52-40-33-48(34-41-52)54-22-10-9-21-53(54)47-19-7-4-8-20-47/h3-43H,1-2H3. The molecule has 0 atom stereocenters. The van der Waals surface area contributed by atoms with Crippen molar-refractivity contribution in [2.75, 3.05) is 4.90 Å². The molecule has 0 saturated heterocycles. The third kappa shape index (κ3) is 6.15. The van der Waals surface area contributed by atoms with Gasteiger partial charge < -0.3 is 4.90 Å². The van der Waals surface area contributed by atoms with Crippen molar-refractivity contribution in [2.24, 2.45) is 0 Å². The summed E-state index contributed by atoms with van der Waals surface area (Å²) in [6.45, 7) is 4.77. The van der Waals surface area contributed by atoms with Gasteiger partial charge in [-0.3, -0.25) is 0 Å². The van der Waals surface area contributed by atoms with Gasteiger partial charge >= 0.3 is 0 Å². The Balaban J connectivity index is 0.962. The highest BCUT2D eigenvalue weighted by molar-refractivity contribution is 5.91. The average molecular weight is 830 g/mol. The normalized spacial score (nSPS) is 13.6. The van der Waals surface area contributed by atoms with Gasteiger partial charge in [0.25, 0.3) is 0 Å². The van der Waals surface area contributed by atoms with Crippen LogP contribution in [-0.2, 0) is 10.8 Å². The molecule has 10 aromatic carbocycles. The zero-order chi connectivity index (χ0) is 43.5. The zero-order valence-corrected chi connectivity index (χ0v) is 36.6. The van der Waals surface area contributed by atoms with E-state index in [0.717, 1.165) is 17.1 Å². The van der Waals surface area contributed by atoms with Crippen LogP contribution in [-0.4, -0.2) is 0 Å². The smallest absolute Gasteiger partial charge is 0.0719 e. The molecule has 1 spiro atoms. The van der Waals surface area contributed by atoms with Crippen LogP contribution >= 0.6 is 0 Å². The topological polar surface area (TPSA) is 3.24 Å². The fourth-order valence-corrected chi connectivity index (χ4v) is 11.1. The van der Waals surface area contributed by atoms with E-state index >= 15 is 0 Å². The fourth-order valence-electron chi connectivity index (χ4n) is 11.1. The molecule has 0 aliphatic heterocycles. The summed E-state index contributed by atoms with van der Waals surface area (Å²) in [5, 5.41) is 0. The molecule has 1 heteroatoms. The van der Waals surface area contributed by atoms with E-state index in [1.165, 1.54) is 89.0 Å². The molecule has 2 aliphatic carbocycles. The Morgan fingerprint density at radius 3 is 1.11 bits per heavy atom.